The maximum atomic E-state index is 11.5. The lowest BCUT2D eigenvalue weighted by Crippen LogP contribution is -1.98. The third kappa shape index (κ3) is 1.31. The molecule has 0 aliphatic carbocycles. The number of rotatable bonds is 1. The zero-order valence-electron chi connectivity index (χ0n) is 7.28. The lowest BCUT2D eigenvalue weighted by atomic mass is 10.2. The fourth-order valence-corrected chi connectivity index (χ4v) is 3.09. The summed E-state index contributed by atoms with van der Waals surface area (Å²) in [5.41, 5.74) is 0.904. The van der Waals surface area contributed by atoms with Gasteiger partial charge in [0.1, 0.15) is 5.75 Å². The van der Waals surface area contributed by atoms with Crippen LogP contribution in [-0.4, -0.2) is 21.3 Å². The second-order valence-electron chi connectivity index (χ2n) is 3.04. The molecule has 1 aromatic rings. The van der Waals surface area contributed by atoms with Gasteiger partial charge in [0.15, 0.2) is 9.84 Å². The van der Waals surface area contributed by atoms with Crippen molar-refractivity contribution in [2.24, 2.45) is 0 Å². The van der Waals surface area contributed by atoms with E-state index in [0.29, 0.717) is 17.1 Å². The van der Waals surface area contributed by atoms with Crippen molar-refractivity contribution in [3.8, 4) is 5.75 Å². The van der Waals surface area contributed by atoms with Gasteiger partial charge in [0.05, 0.1) is 17.8 Å². The van der Waals surface area contributed by atoms with E-state index in [1.807, 2.05) is 6.07 Å². The minimum Gasteiger partial charge on any atom is -0.497 e. The average molecular weight is 198 g/mol. The molecule has 13 heavy (non-hydrogen) atoms. The highest BCUT2D eigenvalue weighted by Crippen LogP contribution is 2.29. The summed E-state index contributed by atoms with van der Waals surface area (Å²) in [5, 5.41) is 0. The number of aryl methyl sites for hydroxylation is 1. The van der Waals surface area contributed by atoms with E-state index in [9.17, 15) is 8.42 Å². The smallest absolute Gasteiger partial charge is 0.179 e. The van der Waals surface area contributed by atoms with E-state index in [4.69, 9.17) is 4.74 Å². The van der Waals surface area contributed by atoms with Crippen molar-refractivity contribution in [2.45, 2.75) is 11.3 Å². The molecule has 0 atom stereocenters. The fourth-order valence-electron chi connectivity index (χ4n) is 1.51. The first-order chi connectivity index (χ1) is 6.13. The standard InChI is InChI=1S/C9H10O3S/c1-12-8-3-2-7-4-5-13(10,11)9(7)6-8/h2-3,6H,4-5H2,1H3. The van der Waals surface area contributed by atoms with Crippen molar-refractivity contribution >= 4 is 9.84 Å². The molecule has 1 aliphatic rings. The van der Waals surface area contributed by atoms with Crippen molar-refractivity contribution in [3.63, 3.8) is 0 Å². The number of sulfone groups is 1. The van der Waals surface area contributed by atoms with Crippen LogP contribution in [0.5, 0.6) is 5.75 Å². The van der Waals surface area contributed by atoms with Gasteiger partial charge in [-0.2, -0.15) is 0 Å². The molecule has 0 N–H and O–H groups in total. The summed E-state index contributed by atoms with van der Waals surface area (Å²) in [5.74, 6) is 0.833. The second-order valence-corrected chi connectivity index (χ2v) is 5.12. The monoisotopic (exact) mass is 198 g/mol. The van der Waals surface area contributed by atoms with Gasteiger partial charge in [-0.3, -0.25) is 0 Å². The van der Waals surface area contributed by atoms with Crippen LogP contribution < -0.4 is 4.74 Å². The minimum atomic E-state index is -3.02. The van der Waals surface area contributed by atoms with E-state index in [0.717, 1.165) is 5.56 Å². The van der Waals surface area contributed by atoms with Gasteiger partial charge < -0.3 is 4.74 Å². The van der Waals surface area contributed by atoms with Crippen LogP contribution >= 0.6 is 0 Å². The maximum Gasteiger partial charge on any atom is 0.179 e. The van der Waals surface area contributed by atoms with Gasteiger partial charge in [-0.25, -0.2) is 8.42 Å². The number of hydrogen-bond donors (Lipinski definition) is 0. The summed E-state index contributed by atoms with van der Waals surface area (Å²) < 4.78 is 27.9. The number of ether oxygens (including phenoxy) is 1. The molecule has 0 unspecified atom stereocenters. The first-order valence-corrected chi connectivity index (χ1v) is 5.68. The van der Waals surface area contributed by atoms with Gasteiger partial charge in [0.25, 0.3) is 0 Å². The molecule has 0 radical (unpaired) electrons. The molecule has 0 fully saturated rings. The molecule has 2 rings (SSSR count). The van der Waals surface area contributed by atoms with Crippen LogP contribution in [0.2, 0.25) is 0 Å². The van der Waals surface area contributed by atoms with Gasteiger partial charge >= 0.3 is 0 Å². The van der Waals surface area contributed by atoms with Gasteiger partial charge in [-0.05, 0) is 24.1 Å². The van der Waals surface area contributed by atoms with Gasteiger partial charge in [-0.1, -0.05) is 6.07 Å². The largest absolute Gasteiger partial charge is 0.497 e. The normalized spacial score (nSPS) is 18.2. The molecule has 3 nitrogen and oxygen atoms in total. The van der Waals surface area contributed by atoms with Crippen LogP contribution in [0.4, 0.5) is 0 Å². The fraction of sp³-hybridized carbons (Fsp3) is 0.333. The first-order valence-electron chi connectivity index (χ1n) is 4.03. The summed E-state index contributed by atoms with van der Waals surface area (Å²) in [6.45, 7) is 0. The van der Waals surface area contributed by atoms with Crippen LogP contribution in [0, 0.1) is 0 Å². The van der Waals surface area contributed by atoms with Crippen LogP contribution in [0.25, 0.3) is 0 Å². The molecule has 0 saturated heterocycles. The lowest BCUT2D eigenvalue weighted by Gasteiger charge is -2.02. The maximum absolute atomic E-state index is 11.5. The van der Waals surface area contributed by atoms with Crippen molar-refractivity contribution in [3.05, 3.63) is 23.8 Å². The van der Waals surface area contributed by atoms with Crippen LogP contribution in [-0.2, 0) is 16.3 Å². The third-order valence-electron chi connectivity index (χ3n) is 2.25. The number of fused-ring (bicyclic) bond motifs is 1. The van der Waals surface area contributed by atoms with Gasteiger partial charge in [-0.15, -0.1) is 0 Å². The first kappa shape index (κ1) is 8.56. The molecule has 0 saturated carbocycles. The highest BCUT2D eigenvalue weighted by Gasteiger charge is 2.26. The molecule has 4 heteroatoms. The van der Waals surface area contributed by atoms with Crippen LogP contribution in [0.1, 0.15) is 5.56 Å². The molecule has 0 bridgehead atoms. The van der Waals surface area contributed by atoms with Crippen molar-refractivity contribution in [2.75, 3.05) is 12.9 Å². The average Bonchev–Trinajstić information content (AvgIpc) is 2.42. The Morgan fingerprint density at radius 2 is 2.15 bits per heavy atom. The summed E-state index contributed by atoms with van der Waals surface area (Å²) in [6, 6.07) is 5.20. The zero-order chi connectivity index (χ0) is 9.47. The van der Waals surface area contributed by atoms with Gasteiger partial charge in [0, 0.05) is 0 Å². The molecule has 0 aromatic heterocycles. The zero-order valence-corrected chi connectivity index (χ0v) is 8.10. The quantitative estimate of drug-likeness (QED) is 0.676. The van der Waals surface area contributed by atoms with Crippen molar-refractivity contribution in [1.29, 1.82) is 0 Å². The summed E-state index contributed by atoms with van der Waals surface area (Å²) in [4.78, 5) is 0.437. The predicted octanol–water partition coefficient (Wildman–Crippen LogP) is 1.02. The topological polar surface area (TPSA) is 43.4 Å². The van der Waals surface area contributed by atoms with E-state index >= 15 is 0 Å². The van der Waals surface area contributed by atoms with E-state index in [1.54, 1.807) is 12.1 Å². The molecule has 1 heterocycles. The Kier molecular flexibility index (Phi) is 1.80. The summed E-state index contributed by atoms with van der Waals surface area (Å²) in [6.07, 6.45) is 0.627. The molecule has 0 amide bonds. The molecule has 70 valence electrons. The van der Waals surface area contributed by atoms with Crippen LogP contribution in [0.3, 0.4) is 0 Å². The summed E-state index contributed by atoms with van der Waals surface area (Å²) >= 11 is 0. The molecular formula is C9H10O3S. The Morgan fingerprint density at radius 1 is 1.38 bits per heavy atom. The second kappa shape index (κ2) is 2.73. The Bertz CT molecular complexity index is 434. The van der Waals surface area contributed by atoms with Crippen molar-refractivity contribution < 1.29 is 13.2 Å². The Morgan fingerprint density at radius 3 is 2.85 bits per heavy atom. The molecule has 1 aliphatic heterocycles. The third-order valence-corrected chi connectivity index (χ3v) is 4.04. The Hall–Kier alpha value is -1.03. The van der Waals surface area contributed by atoms with Crippen LogP contribution in [0.15, 0.2) is 23.1 Å². The highest BCUT2D eigenvalue weighted by molar-refractivity contribution is 7.91. The van der Waals surface area contributed by atoms with E-state index in [2.05, 4.69) is 0 Å². The van der Waals surface area contributed by atoms with Gasteiger partial charge in [0.2, 0.25) is 0 Å². The number of methoxy groups -OCH3 is 1. The molecular weight excluding hydrogens is 188 g/mol. The van der Waals surface area contributed by atoms with E-state index in [-0.39, 0.29) is 5.75 Å². The number of hydrogen-bond acceptors (Lipinski definition) is 3. The lowest BCUT2D eigenvalue weighted by molar-refractivity contribution is 0.413. The molecule has 1 aromatic carbocycles. The van der Waals surface area contributed by atoms with Crippen molar-refractivity contribution in [1.82, 2.24) is 0 Å². The summed E-state index contributed by atoms with van der Waals surface area (Å²) in [7, 11) is -1.49. The minimum absolute atomic E-state index is 0.232. The van der Waals surface area contributed by atoms with E-state index in [1.165, 1.54) is 7.11 Å². The molecule has 0 spiro atoms. The SMILES string of the molecule is COc1ccc2c(c1)S(=O)(=O)CC2. The Balaban J connectivity index is 2.63. The predicted molar refractivity (Wildman–Crippen MR) is 48.8 cm³/mol. The Labute approximate surface area is 77.3 Å². The highest BCUT2D eigenvalue weighted by atomic mass is 32.2. The number of benzene rings is 1. The van der Waals surface area contributed by atoms with E-state index < -0.39 is 9.84 Å².